The highest BCUT2D eigenvalue weighted by molar-refractivity contribution is 7.98. The van der Waals surface area contributed by atoms with Crippen molar-refractivity contribution in [3.63, 3.8) is 0 Å². The molecule has 0 bridgehead atoms. The van der Waals surface area contributed by atoms with Crippen molar-refractivity contribution in [3.8, 4) is 0 Å². The number of thioether (sulfide) groups is 1. The molecule has 0 aliphatic rings. The minimum absolute atomic E-state index is 0.102. The fourth-order valence-electron chi connectivity index (χ4n) is 2.82. The minimum atomic E-state index is -3.98. The van der Waals surface area contributed by atoms with Gasteiger partial charge in [0.15, 0.2) is 0 Å². The van der Waals surface area contributed by atoms with E-state index >= 15 is 0 Å². The smallest absolute Gasteiger partial charge is 0.264 e. The summed E-state index contributed by atoms with van der Waals surface area (Å²) in [5.74, 6) is -0.455. The Morgan fingerprint density at radius 1 is 1.03 bits per heavy atom. The van der Waals surface area contributed by atoms with Crippen LogP contribution in [-0.4, -0.2) is 27.1 Å². The van der Waals surface area contributed by atoms with Gasteiger partial charge in [-0.05, 0) is 61.7 Å². The van der Waals surface area contributed by atoms with E-state index in [1.165, 1.54) is 18.2 Å². The lowest BCUT2D eigenvalue weighted by atomic mass is 10.2. The standard InChI is InChI=1S/C22H21ClN2O3S2/c1-16-9-11-21(12-10-16)30(27,28)25(19-7-3-5-17(23)13-19)15-22(26)24-18-6-4-8-20(14-18)29-2/h3-14H,15H2,1-2H3,(H,24,26). The molecule has 0 saturated carbocycles. The molecule has 8 heteroatoms. The topological polar surface area (TPSA) is 66.5 Å². The van der Waals surface area contributed by atoms with Gasteiger partial charge in [0.05, 0.1) is 10.6 Å². The first kappa shape index (κ1) is 22.2. The Labute approximate surface area is 186 Å². The van der Waals surface area contributed by atoms with Crippen molar-refractivity contribution in [2.45, 2.75) is 16.7 Å². The van der Waals surface area contributed by atoms with Gasteiger partial charge in [-0.15, -0.1) is 11.8 Å². The predicted octanol–water partition coefficient (Wildman–Crippen LogP) is 5.20. The zero-order valence-electron chi connectivity index (χ0n) is 16.5. The van der Waals surface area contributed by atoms with E-state index < -0.39 is 15.9 Å². The van der Waals surface area contributed by atoms with Gasteiger partial charge in [0.25, 0.3) is 10.0 Å². The van der Waals surface area contributed by atoms with E-state index in [0.717, 1.165) is 14.8 Å². The fourth-order valence-corrected chi connectivity index (χ4v) is 4.87. The fraction of sp³-hybridized carbons (Fsp3) is 0.136. The third-order valence-electron chi connectivity index (χ3n) is 4.35. The first-order valence-corrected chi connectivity index (χ1v) is 12.1. The van der Waals surface area contributed by atoms with E-state index in [-0.39, 0.29) is 11.4 Å². The number of benzene rings is 3. The highest BCUT2D eigenvalue weighted by Crippen LogP contribution is 2.26. The summed E-state index contributed by atoms with van der Waals surface area (Å²) in [5, 5.41) is 3.15. The number of aryl methyl sites for hydroxylation is 1. The first-order valence-electron chi connectivity index (χ1n) is 9.08. The highest BCUT2D eigenvalue weighted by Gasteiger charge is 2.27. The van der Waals surface area contributed by atoms with Crippen LogP contribution in [0.2, 0.25) is 5.02 Å². The number of hydrogen-bond acceptors (Lipinski definition) is 4. The van der Waals surface area contributed by atoms with Crippen LogP contribution >= 0.6 is 23.4 Å². The summed E-state index contributed by atoms with van der Waals surface area (Å²) in [5.41, 5.74) is 1.86. The van der Waals surface area contributed by atoms with Gasteiger partial charge in [0.2, 0.25) is 5.91 Å². The Balaban J connectivity index is 1.93. The van der Waals surface area contributed by atoms with Crippen molar-refractivity contribution in [2.75, 3.05) is 22.4 Å². The number of rotatable bonds is 7. The number of nitrogens with zero attached hydrogens (tertiary/aromatic N) is 1. The number of carbonyl (C=O) groups excluding carboxylic acids is 1. The molecule has 0 aromatic heterocycles. The quantitative estimate of drug-likeness (QED) is 0.492. The number of nitrogens with one attached hydrogen (secondary N) is 1. The Bertz CT molecular complexity index is 1150. The van der Waals surface area contributed by atoms with Crippen LogP contribution < -0.4 is 9.62 Å². The van der Waals surface area contributed by atoms with Gasteiger partial charge in [-0.3, -0.25) is 9.10 Å². The number of halogens is 1. The van der Waals surface area contributed by atoms with Crippen LogP contribution in [0, 0.1) is 6.92 Å². The largest absolute Gasteiger partial charge is 0.324 e. The molecular formula is C22H21ClN2O3S2. The molecule has 30 heavy (non-hydrogen) atoms. The first-order chi connectivity index (χ1) is 14.3. The lowest BCUT2D eigenvalue weighted by molar-refractivity contribution is -0.114. The molecule has 0 saturated heterocycles. The zero-order chi connectivity index (χ0) is 21.7. The Kier molecular flexibility index (Phi) is 7.07. The summed E-state index contributed by atoms with van der Waals surface area (Å²) in [4.78, 5) is 13.9. The number of sulfonamides is 1. The molecule has 3 aromatic rings. The molecule has 0 heterocycles. The van der Waals surface area contributed by atoms with Gasteiger partial charge in [0, 0.05) is 15.6 Å². The molecule has 5 nitrogen and oxygen atoms in total. The molecular weight excluding hydrogens is 440 g/mol. The lowest BCUT2D eigenvalue weighted by Gasteiger charge is -2.24. The second kappa shape index (κ2) is 9.55. The Hall–Kier alpha value is -2.48. The molecule has 0 atom stereocenters. The van der Waals surface area contributed by atoms with E-state index in [4.69, 9.17) is 11.6 Å². The second-order valence-corrected chi connectivity index (χ2v) is 9.76. The molecule has 0 aliphatic carbocycles. The average Bonchev–Trinajstić information content (AvgIpc) is 2.72. The van der Waals surface area contributed by atoms with Crippen LogP contribution in [0.5, 0.6) is 0 Å². The molecule has 3 rings (SSSR count). The monoisotopic (exact) mass is 460 g/mol. The van der Waals surface area contributed by atoms with Gasteiger partial charge in [-0.2, -0.15) is 0 Å². The summed E-state index contributed by atoms with van der Waals surface area (Å²) < 4.78 is 27.8. The molecule has 0 radical (unpaired) electrons. The van der Waals surface area contributed by atoms with Gasteiger partial charge in [-0.25, -0.2) is 8.42 Å². The van der Waals surface area contributed by atoms with Crippen molar-refractivity contribution < 1.29 is 13.2 Å². The third kappa shape index (κ3) is 5.36. The van der Waals surface area contributed by atoms with Gasteiger partial charge < -0.3 is 5.32 Å². The molecule has 0 fully saturated rings. The average molecular weight is 461 g/mol. The lowest BCUT2D eigenvalue weighted by Crippen LogP contribution is -2.38. The van der Waals surface area contributed by atoms with E-state index in [1.807, 2.05) is 31.4 Å². The summed E-state index contributed by atoms with van der Waals surface area (Å²) >= 11 is 7.63. The number of amides is 1. The maximum absolute atomic E-state index is 13.3. The van der Waals surface area contributed by atoms with E-state index in [2.05, 4.69) is 5.32 Å². The van der Waals surface area contributed by atoms with Crippen molar-refractivity contribution in [1.82, 2.24) is 0 Å². The van der Waals surface area contributed by atoms with Crippen molar-refractivity contribution in [3.05, 3.63) is 83.4 Å². The normalized spacial score (nSPS) is 11.2. The molecule has 1 amide bonds. The predicted molar refractivity (Wildman–Crippen MR) is 124 cm³/mol. The molecule has 0 spiro atoms. The number of hydrogen-bond donors (Lipinski definition) is 1. The van der Waals surface area contributed by atoms with Crippen LogP contribution in [0.1, 0.15) is 5.56 Å². The molecule has 0 unspecified atom stereocenters. The maximum atomic E-state index is 13.3. The number of carbonyl (C=O) groups is 1. The van der Waals surface area contributed by atoms with Crippen LogP contribution in [0.25, 0.3) is 0 Å². The van der Waals surface area contributed by atoms with Crippen molar-refractivity contribution in [2.24, 2.45) is 0 Å². The van der Waals surface area contributed by atoms with Crippen LogP contribution in [0.4, 0.5) is 11.4 Å². The van der Waals surface area contributed by atoms with Gasteiger partial charge in [-0.1, -0.05) is 41.4 Å². The summed E-state index contributed by atoms with van der Waals surface area (Å²) in [6.45, 7) is 1.49. The number of anilines is 2. The second-order valence-electron chi connectivity index (χ2n) is 6.58. The van der Waals surface area contributed by atoms with Crippen molar-refractivity contribution >= 4 is 50.7 Å². The maximum Gasteiger partial charge on any atom is 0.264 e. The molecule has 1 N–H and O–H groups in total. The Morgan fingerprint density at radius 2 is 1.73 bits per heavy atom. The van der Waals surface area contributed by atoms with Crippen LogP contribution in [-0.2, 0) is 14.8 Å². The Morgan fingerprint density at radius 3 is 2.40 bits per heavy atom. The molecule has 3 aromatic carbocycles. The van der Waals surface area contributed by atoms with E-state index in [9.17, 15) is 13.2 Å². The van der Waals surface area contributed by atoms with Gasteiger partial charge in [0.1, 0.15) is 6.54 Å². The highest BCUT2D eigenvalue weighted by atomic mass is 35.5. The summed E-state index contributed by atoms with van der Waals surface area (Å²) in [6.07, 6.45) is 1.94. The van der Waals surface area contributed by atoms with E-state index in [1.54, 1.807) is 48.2 Å². The van der Waals surface area contributed by atoms with Crippen molar-refractivity contribution in [1.29, 1.82) is 0 Å². The minimum Gasteiger partial charge on any atom is -0.324 e. The van der Waals surface area contributed by atoms with Crippen LogP contribution in [0.15, 0.2) is 82.6 Å². The van der Waals surface area contributed by atoms with E-state index in [0.29, 0.717) is 16.4 Å². The summed E-state index contributed by atoms with van der Waals surface area (Å²) in [7, 11) is -3.98. The molecule has 0 aliphatic heterocycles. The third-order valence-corrected chi connectivity index (χ3v) is 7.09. The zero-order valence-corrected chi connectivity index (χ0v) is 18.9. The van der Waals surface area contributed by atoms with Gasteiger partial charge >= 0.3 is 0 Å². The molecule has 156 valence electrons. The van der Waals surface area contributed by atoms with Crippen LogP contribution in [0.3, 0.4) is 0 Å². The summed E-state index contributed by atoms with van der Waals surface area (Å²) in [6, 6.07) is 20.3. The SMILES string of the molecule is CSc1cccc(NC(=O)CN(c2cccc(Cl)c2)S(=O)(=O)c2ccc(C)cc2)c1.